The summed E-state index contributed by atoms with van der Waals surface area (Å²) in [7, 11) is 2.06. The van der Waals surface area contributed by atoms with Crippen LogP contribution >= 0.6 is 0 Å². The number of anilines is 1. The van der Waals surface area contributed by atoms with Crippen molar-refractivity contribution in [2.45, 2.75) is 40.3 Å². The third kappa shape index (κ3) is 3.70. The van der Waals surface area contributed by atoms with Crippen LogP contribution in [0.3, 0.4) is 0 Å². The topological polar surface area (TPSA) is 29.3 Å². The summed E-state index contributed by atoms with van der Waals surface area (Å²) in [5.74, 6) is -0.334. The lowest BCUT2D eigenvalue weighted by molar-refractivity contribution is 0.134. The molecule has 0 aliphatic heterocycles. The number of hydrogen-bond donors (Lipinski definition) is 1. The van der Waals surface area contributed by atoms with E-state index in [0.29, 0.717) is 6.04 Å². The minimum Gasteiger partial charge on any atom is -0.396 e. The molecule has 0 aromatic heterocycles. The fraction of sp³-hybridized carbons (Fsp3) is 0.571. The molecular formula is C14H23FN2. The van der Waals surface area contributed by atoms with Gasteiger partial charge in [0.2, 0.25) is 0 Å². The molecule has 1 aromatic carbocycles. The van der Waals surface area contributed by atoms with Crippen LogP contribution in [0.5, 0.6) is 0 Å². The first kappa shape index (κ1) is 14.0. The molecule has 1 rings (SSSR count). The molecule has 1 atom stereocenters. The highest BCUT2D eigenvalue weighted by atomic mass is 19.1. The lowest BCUT2D eigenvalue weighted by atomic mass is 9.87. The predicted molar refractivity (Wildman–Crippen MR) is 71.2 cm³/mol. The minimum absolute atomic E-state index is 0.209. The lowest BCUT2D eigenvalue weighted by Crippen LogP contribution is -2.38. The Morgan fingerprint density at radius 2 is 1.94 bits per heavy atom. The van der Waals surface area contributed by atoms with E-state index in [0.717, 1.165) is 12.1 Å². The van der Waals surface area contributed by atoms with Gasteiger partial charge < -0.3 is 5.73 Å². The second kappa shape index (κ2) is 5.05. The SMILES string of the molecule is CC(N(C)Cc1ccc(N)c(F)c1)C(C)(C)C. The summed E-state index contributed by atoms with van der Waals surface area (Å²) in [6.45, 7) is 9.54. The summed E-state index contributed by atoms with van der Waals surface area (Å²) in [5.41, 5.74) is 6.83. The molecule has 0 fully saturated rings. The number of rotatable bonds is 3. The van der Waals surface area contributed by atoms with Crippen molar-refractivity contribution in [3.05, 3.63) is 29.6 Å². The first-order valence-electron chi connectivity index (χ1n) is 5.96. The Hall–Kier alpha value is -1.09. The van der Waals surface area contributed by atoms with Crippen LogP contribution in [0.4, 0.5) is 10.1 Å². The highest BCUT2D eigenvalue weighted by Gasteiger charge is 2.23. The molecule has 1 unspecified atom stereocenters. The van der Waals surface area contributed by atoms with Crippen LogP contribution in [-0.2, 0) is 6.54 Å². The Morgan fingerprint density at radius 1 is 1.35 bits per heavy atom. The summed E-state index contributed by atoms with van der Waals surface area (Å²) in [6.07, 6.45) is 0. The van der Waals surface area contributed by atoms with Gasteiger partial charge in [-0.2, -0.15) is 0 Å². The molecule has 0 bridgehead atoms. The van der Waals surface area contributed by atoms with Crippen LogP contribution in [0.15, 0.2) is 18.2 Å². The van der Waals surface area contributed by atoms with Crippen LogP contribution in [-0.4, -0.2) is 18.0 Å². The van der Waals surface area contributed by atoms with Crippen LogP contribution < -0.4 is 5.73 Å². The van der Waals surface area contributed by atoms with E-state index in [9.17, 15) is 4.39 Å². The summed E-state index contributed by atoms with van der Waals surface area (Å²) in [4.78, 5) is 2.23. The number of hydrogen-bond acceptors (Lipinski definition) is 2. The number of nitrogens with two attached hydrogens (primary N) is 1. The predicted octanol–water partition coefficient (Wildman–Crippen LogP) is 3.27. The van der Waals surface area contributed by atoms with E-state index in [1.54, 1.807) is 6.07 Å². The van der Waals surface area contributed by atoms with E-state index in [1.165, 1.54) is 6.07 Å². The quantitative estimate of drug-likeness (QED) is 0.819. The number of benzene rings is 1. The van der Waals surface area contributed by atoms with Crippen molar-refractivity contribution in [1.82, 2.24) is 4.90 Å². The van der Waals surface area contributed by atoms with Crippen molar-refractivity contribution < 1.29 is 4.39 Å². The first-order chi connectivity index (χ1) is 7.71. The van der Waals surface area contributed by atoms with Gasteiger partial charge in [0.05, 0.1) is 5.69 Å². The first-order valence-corrected chi connectivity index (χ1v) is 5.96. The van der Waals surface area contributed by atoms with Crippen molar-refractivity contribution in [3.63, 3.8) is 0 Å². The van der Waals surface area contributed by atoms with E-state index in [4.69, 9.17) is 5.73 Å². The van der Waals surface area contributed by atoms with Gasteiger partial charge in [0, 0.05) is 12.6 Å². The van der Waals surface area contributed by atoms with E-state index in [2.05, 4.69) is 39.6 Å². The van der Waals surface area contributed by atoms with Gasteiger partial charge in [-0.1, -0.05) is 26.8 Å². The van der Waals surface area contributed by atoms with Gasteiger partial charge in [-0.3, -0.25) is 4.90 Å². The van der Waals surface area contributed by atoms with Crippen molar-refractivity contribution in [3.8, 4) is 0 Å². The molecule has 1 aromatic rings. The Labute approximate surface area is 104 Å². The molecule has 0 heterocycles. The average molecular weight is 238 g/mol. The Morgan fingerprint density at radius 3 is 2.41 bits per heavy atom. The fourth-order valence-electron chi connectivity index (χ4n) is 1.76. The molecule has 0 saturated heterocycles. The maximum atomic E-state index is 13.3. The normalized spacial score (nSPS) is 14.1. The van der Waals surface area contributed by atoms with Crippen LogP contribution in [0.2, 0.25) is 0 Å². The average Bonchev–Trinajstić information content (AvgIpc) is 2.21. The van der Waals surface area contributed by atoms with Gasteiger partial charge in [0.25, 0.3) is 0 Å². The van der Waals surface area contributed by atoms with E-state index in [-0.39, 0.29) is 16.9 Å². The monoisotopic (exact) mass is 238 g/mol. The van der Waals surface area contributed by atoms with Crippen LogP contribution in [0, 0.1) is 11.2 Å². The number of halogens is 1. The second-order valence-corrected chi connectivity index (χ2v) is 5.81. The Kier molecular flexibility index (Phi) is 4.15. The van der Waals surface area contributed by atoms with Gasteiger partial charge in [-0.25, -0.2) is 4.39 Å². The zero-order valence-electron chi connectivity index (χ0n) is 11.4. The zero-order chi connectivity index (χ0) is 13.2. The van der Waals surface area contributed by atoms with Crippen LogP contribution in [0.25, 0.3) is 0 Å². The third-order valence-corrected chi connectivity index (χ3v) is 3.41. The molecule has 2 N–H and O–H groups in total. The summed E-state index contributed by atoms with van der Waals surface area (Å²) in [6, 6.07) is 5.44. The van der Waals surface area contributed by atoms with Crippen molar-refractivity contribution in [1.29, 1.82) is 0 Å². The van der Waals surface area contributed by atoms with Gasteiger partial charge >= 0.3 is 0 Å². The number of nitrogen functional groups attached to an aromatic ring is 1. The molecule has 0 saturated carbocycles. The molecule has 0 aliphatic carbocycles. The van der Waals surface area contributed by atoms with E-state index >= 15 is 0 Å². The highest BCUT2D eigenvalue weighted by molar-refractivity contribution is 5.41. The van der Waals surface area contributed by atoms with E-state index < -0.39 is 0 Å². The maximum absolute atomic E-state index is 13.3. The van der Waals surface area contributed by atoms with Crippen LogP contribution in [0.1, 0.15) is 33.3 Å². The van der Waals surface area contributed by atoms with Crippen molar-refractivity contribution in [2.75, 3.05) is 12.8 Å². The van der Waals surface area contributed by atoms with Gasteiger partial charge in [0.15, 0.2) is 0 Å². The molecule has 2 nitrogen and oxygen atoms in total. The fourth-order valence-corrected chi connectivity index (χ4v) is 1.76. The van der Waals surface area contributed by atoms with Gasteiger partial charge in [0.1, 0.15) is 5.82 Å². The molecule has 96 valence electrons. The summed E-state index contributed by atoms with van der Waals surface area (Å²) >= 11 is 0. The smallest absolute Gasteiger partial charge is 0.146 e. The van der Waals surface area contributed by atoms with Gasteiger partial charge in [-0.15, -0.1) is 0 Å². The highest BCUT2D eigenvalue weighted by Crippen LogP contribution is 2.24. The number of nitrogens with zero attached hydrogens (tertiary/aromatic N) is 1. The molecule has 0 spiro atoms. The summed E-state index contributed by atoms with van der Waals surface area (Å²) in [5, 5.41) is 0. The summed E-state index contributed by atoms with van der Waals surface area (Å²) < 4.78 is 13.3. The van der Waals surface area contributed by atoms with Crippen molar-refractivity contribution in [2.24, 2.45) is 5.41 Å². The molecule has 0 amide bonds. The molecule has 17 heavy (non-hydrogen) atoms. The Balaban J connectivity index is 2.74. The molecular weight excluding hydrogens is 215 g/mol. The molecule has 3 heteroatoms. The standard InChI is InChI=1S/C14H23FN2/c1-10(14(2,3)4)17(5)9-11-6-7-13(16)12(15)8-11/h6-8,10H,9,16H2,1-5H3. The Bertz CT molecular complexity index is 382. The zero-order valence-corrected chi connectivity index (χ0v) is 11.4. The van der Waals surface area contributed by atoms with Crippen molar-refractivity contribution >= 4 is 5.69 Å². The lowest BCUT2D eigenvalue weighted by Gasteiger charge is -2.35. The minimum atomic E-state index is -0.334. The van der Waals surface area contributed by atoms with Gasteiger partial charge in [-0.05, 0) is 37.1 Å². The molecule has 0 radical (unpaired) electrons. The second-order valence-electron chi connectivity index (χ2n) is 5.81. The largest absolute Gasteiger partial charge is 0.396 e. The maximum Gasteiger partial charge on any atom is 0.146 e. The third-order valence-electron chi connectivity index (χ3n) is 3.41. The molecule has 0 aliphatic rings. The van der Waals surface area contributed by atoms with E-state index in [1.807, 2.05) is 6.07 Å².